The lowest BCUT2D eigenvalue weighted by molar-refractivity contribution is -0.144. The first-order valence-corrected chi connectivity index (χ1v) is 7.65. The van der Waals surface area contributed by atoms with E-state index in [9.17, 15) is 9.59 Å². The minimum atomic E-state index is -0.639. The van der Waals surface area contributed by atoms with E-state index in [4.69, 9.17) is 9.47 Å². The van der Waals surface area contributed by atoms with Gasteiger partial charge in [0.25, 0.3) is 0 Å². The number of hydrogen-bond acceptors (Lipinski definition) is 4. The molecule has 0 aromatic heterocycles. The van der Waals surface area contributed by atoms with Crippen LogP contribution in [0.2, 0.25) is 0 Å². The van der Waals surface area contributed by atoms with E-state index in [1.54, 1.807) is 30.3 Å². The summed E-state index contributed by atoms with van der Waals surface area (Å²) in [5, 5.41) is 0. The van der Waals surface area contributed by atoms with Crippen LogP contribution in [-0.2, 0) is 14.3 Å². The third kappa shape index (κ3) is 5.09. The van der Waals surface area contributed by atoms with Crippen LogP contribution in [0.5, 0.6) is 5.75 Å². The molecule has 0 fully saturated rings. The molecule has 0 aliphatic heterocycles. The Bertz CT molecular complexity index is 744. The molecule has 0 heterocycles. The van der Waals surface area contributed by atoms with Gasteiger partial charge in [0.15, 0.2) is 0 Å². The largest absolute Gasteiger partial charge is 0.453 e. The molecule has 0 N–H and O–H groups in total. The van der Waals surface area contributed by atoms with E-state index in [1.165, 1.54) is 19.4 Å². The first-order valence-electron chi connectivity index (χ1n) is 7.65. The van der Waals surface area contributed by atoms with E-state index in [1.807, 2.05) is 37.3 Å². The summed E-state index contributed by atoms with van der Waals surface area (Å²) in [6.07, 6.45) is 3.01. The average Bonchev–Trinajstić information content (AvgIpc) is 2.53. The van der Waals surface area contributed by atoms with Crippen LogP contribution in [0.4, 0.5) is 0 Å². The maximum Gasteiger partial charge on any atom is 0.308 e. The molecule has 1 atom stereocenters. The second kappa shape index (κ2) is 8.11. The zero-order chi connectivity index (χ0) is 17.5. The number of para-hydroxylation sites is 1. The molecule has 24 heavy (non-hydrogen) atoms. The van der Waals surface area contributed by atoms with E-state index >= 15 is 0 Å². The molecule has 124 valence electrons. The lowest BCUT2D eigenvalue weighted by Crippen LogP contribution is -2.10. The molecule has 0 aliphatic carbocycles. The maximum atomic E-state index is 11.5. The molecule has 0 bridgehead atoms. The van der Waals surface area contributed by atoms with Gasteiger partial charge in [0.2, 0.25) is 0 Å². The lowest BCUT2D eigenvalue weighted by Gasteiger charge is -2.16. The van der Waals surface area contributed by atoms with Crippen LogP contribution in [0.25, 0.3) is 6.08 Å². The Morgan fingerprint density at radius 1 is 0.958 bits per heavy atom. The number of aryl methyl sites for hydroxylation is 1. The second-order valence-electron chi connectivity index (χ2n) is 5.43. The topological polar surface area (TPSA) is 52.6 Å². The van der Waals surface area contributed by atoms with Crippen molar-refractivity contribution in [2.75, 3.05) is 0 Å². The van der Waals surface area contributed by atoms with Crippen LogP contribution < -0.4 is 4.74 Å². The average molecular weight is 324 g/mol. The standard InChI is InChI=1S/C20H20O4/c1-14-8-10-17(11-9-14)12-13-20(24-16(3)22)18-6-4-5-7-19(18)23-15(2)21/h4-13,20H,1-3H3/b13-12+. The zero-order valence-electron chi connectivity index (χ0n) is 14.0. The van der Waals surface area contributed by atoms with Crippen molar-refractivity contribution in [2.24, 2.45) is 0 Å². The van der Waals surface area contributed by atoms with Crippen molar-refractivity contribution in [2.45, 2.75) is 26.9 Å². The summed E-state index contributed by atoms with van der Waals surface area (Å²) in [5.74, 6) is -0.456. The molecule has 2 aromatic rings. The van der Waals surface area contributed by atoms with Crippen molar-refractivity contribution in [1.29, 1.82) is 0 Å². The molecule has 4 nitrogen and oxygen atoms in total. The normalized spacial score (nSPS) is 12.0. The summed E-state index contributed by atoms with van der Waals surface area (Å²) < 4.78 is 10.6. The fourth-order valence-corrected chi connectivity index (χ4v) is 2.22. The Morgan fingerprint density at radius 2 is 1.62 bits per heavy atom. The Morgan fingerprint density at radius 3 is 2.25 bits per heavy atom. The maximum absolute atomic E-state index is 11.5. The molecule has 2 rings (SSSR count). The van der Waals surface area contributed by atoms with Crippen LogP contribution in [0.15, 0.2) is 54.6 Å². The molecule has 0 saturated heterocycles. The van der Waals surface area contributed by atoms with Crippen molar-refractivity contribution < 1.29 is 19.1 Å². The van der Waals surface area contributed by atoms with Crippen molar-refractivity contribution in [3.8, 4) is 5.75 Å². The predicted octanol–water partition coefficient (Wildman–Crippen LogP) is 4.24. The molecule has 0 radical (unpaired) electrons. The van der Waals surface area contributed by atoms with Crippen LogP contribution >= 0.6 is 0 Å². The van der Waals surface area contributed by atoms with Crippen LogP contribution in [-0.4, -0.2) is 11.9 Å². The van der Waals surface area contributed by atoms with E-state index in [-0.39, 0.29) is 0 Å². The third-order valence-corrected chi connectivity index (χ3v) is 3.31. The summed E-state index contributed by atoms with van der Waals surface area (Å²) in [5.41, 5.74) is 2.78. The van der Waals surface area contributed by atoms with Crippen molar-refractivity contribution >= 4 is 18.0 Å². The molecule has 0 saturated carbocycles. The van der Waals surface area contributed by atoms with Crippen molar-refractivity contribution in [3.05, 3.63) is 71.3 Å². The SMILES string of the molecule is CC(=O)Oc1ccccc1C(/C=C/c1ccc(C)cc1)OC(C)=O. The summed E-state index contributed by atoms with van der Waals surface area (Å²) in [6.45, 7) is 4.70. The molecule has 1 unspecified atom stereocenters. The predicted molar refractivity (Wildman–Crippen MR) is 92.5 cm³/mol. The number of carbonyl (C=O) groups excluding carboxylic acids is 2. The van der Waals surface area contributed by atoms with Crippen LogP contribution in [0.3, 0.4) is 0 Å². The minimum absolute atomic E-state index is 0.379. The molecule has 0 amide bonds. The Hall–Kier alpha value is -2.88. The fourth-order valence-electron chi connectivity index (χ4n) is 2.22. The summed E-state index contributed by atoms with van der Waals surface area (Å²) in [4.78, 5) is 22.7. The van der Waals surface area contributed by atoms with Gasteiger partial charge in [-0.3, -0.25) is 9.59 Å². The van der Waals surface area contributed by atoms with Crippen molar-refractivity contribution in [3.63, 3.8) is 0 Å². The number of carbonyl (C=O) groups is 2. The van der Waals surface area contributed by atoms with Gasteiger partial charge in [0, 0.05) is 19.4 Å². The first-order chi connectivity index (χ1) is 11.5. The van der Waals surface area contributed by atoms with Gasteiger partial charge in [-0.2, -0.15) is 0 Å². The number of rotatable bonds is 5. The number of esters is 2. The minimum Gasteiger partial charge on any atom is -0.453 e. The van der Waals surface area contributed by atoms with Crippen LogP contribution in [0, 0.1) is 6.92 Å². The molecule has 0 aliphatic rings. The molecular weight excluding hydrogens is 304 g/mol. The van der Waals surface area contributed by atoms with Gasteiger partial charge >= 0.3 is 11.9 Å². The molecule has 4 heteroatoms. The van der Waals surface area contributed by atoms with E-state index in [0.717, 1.165) is 5.56 Å². The van der Waals surface area contributed by atoms with E-state index < -0.39 is 18.0 Å². The number of hydrogen-bond donors (Lipinski definition) is 0. The van der Waals surface area contributed by atoms with E-state index in [0.29, 0.717) is 11.3 Å². The summed E-state index contributed by atoms with van der Waals surface area (Å²) in [7, 11) is 0. The molecular formula is C20H20O4. The van der Waals surface area contributed by atoms with Crippen LogP contribution in [0.1, 0.15) is 36.6 Å². The molecule has 0 spiro atoms. The van der Waals surface area contributed by atoms with Gasteiger partial charge < -0.3 is 9.47 Å². The highest BCUT2D eigenvalue weighted by atomic mass is 16.6. The van der Waals surface area contributed by atoms with Gasteiger partial charge in [-0.1, -0.05) is 54.1 Å². The highest BCUT2D eigenvalue weighted by Crippen LogP contribution is 2.29. The summed E-state index contributed by atoms with van der Waals surface area (Å²) >= 11 is 0. The first kappa shape index (κ1) is 17.5. The fraction of sp³-hybridized carbons (Fsp3) is 0.200. The Balaban J connectivity index is 2.33. The number of ether oxygens (including phenoxy) is 2. The van der Waals surface area contributed by atoms with E-state index in [2.05, 4.69) is 0 Å². The highest BCUT2D eigenvalue weighted by Gasteiger charge is 2.17. The Labute approximate surface area is 141 Å². The second-order valence-corrected chi connectivity index (χ2v) is 5.43. The van der Waals surface area contributed by atoms with Gasteiger partial charge in [-0.15, -0.1) is 0 Å². The van der Waals surface area contributed by atoms with Crippen molar-refractivity contribution in [1.82, 2.24) is 0 Å². The van der Waals surface area contributed by atoms with Gasteiger partial charge in [0.1, 0.15) is 11.9 Å². The van der Waals surface area contributed by atoms with Gasteiger partial charge in [0.05, 0.1) is 0 Å². The highest BCUT2D eigenvalue weighted by molar-refractivity contribution is 5.70. The third-order valence-electron chi connectivity index (χ3n) is 3.31. The zero-order valence-corrected chi connectivity index (χ0v) is 14.0. The van der Waals surface area contributed by atoms with Gasteiger partial charge in [-0.25, -0.2) is 0 Å². The van der Waals surface area contributed by atoms with Gasteiger partial charge in [-0.05, 0) is 24.6 Å². The smallest absolute Gasteiger partial charge is 0.308 e. The number of benzene rings is 2. The summed E-state index contributed by atoms with van der Waals surface area (Å²) in [6, 6.07) is 15.0. The lowest BCUT2D eigenvalue weighted by atomic mass is 10.1. The quantitative estimate of drug-likeness (QED) is 0.610. The Kier molecular flexibility index (Phi) is 5.90. The monoisotopic (exact) mass is 324 g/mol. The molecule has 2 aromatic carbocycles.